The molecule has 1 atom stereocenters. The van der Waals surface area contributed by atoms with Gasteiger partial charge in [-0.3, -0.25) is 4.79 Å². The maximum atomic E-state index is 11.3. The largest absolute Gasteiger partial charge is 0.298 e. The van der Waals surface area contributed by atoms with Gasteiger partial charge < -0.3 is 0 Å². The first kappa shape index (κ1) is 11.5. The van der Waals surface area contributed by atoms with Crippen LogP contribution in [0.25, 0.3) is 0 Å². The molecule has 0 aliphatic rings. The minimum Gasteiger partial charge on any atom is -0.298 e. The fourth-order valence-corrected chi connectivity index (χ4v) is 2.17. The van der Waals surface area contributed by atoms with Crippen molar-refractivity contribution in [2.45, 2.75) is 30.5 Å². The number of ketones is 1. The maximum Gasteiger partial charge on any atom is 0.145 e. The number of halogens is 1. The molecular weight excluding hydrogens is 218 g/mol. The Hall–Kier alpha value is -0.540. The number of nitrogens with zero attached hydrogens (tertiary/aromatic N) is 1. The number of hydrogen-bond acceptors (Lipinski definition) is 3. The average Bonchev–Trinajstić information content (AvgIpc) is 2.20. The van der Waals surface area contributed by atoms with Gasteiger partial charge in [-0.1, -0.05) is 30.3 Å². The molecule has 1 rings (SSSR count). The van der Waals surface area contributed by atoms with Crippen molar-refractivity contribution in [3.63, 3.8) is 0 Å². The monoisotopic (exact) mass is 229 g/mol. The maximum absolute atomic E-state index is 11.3. The lowest BCUT2D eigenvalue weighted by Gasteiger charge is -2.08. The molecule has 0 spiro atoms. The van der Waals surface area contributed by atoms with E-state index in [4.69, 9.17) is 11.6 Å². The molecule has 1 aromatic rings. The Labute approximate surface area is 93.1 Å². The topological polar surface area (TPSA) is 30.0 Å². The third kappa shape index (κ3) is 3.00. The fraction of sp³-hybridized carbons (Fsp3) is 0.400. The van der Waals surface area contributed by atoms with Crippen molar-refractivity contribution in [3.8, 4) is 0 Å². The van der Waals surface area contributed by atoms with E-state index in [0.717, 1.165) is 5.03 Å². The zero-order valence-electron chi connectivity index (χ0n) is 8.16. The highest BCUT2D eigenvalue weighted by Crippen LogP contribution is 2.28. The van der Waals surface area contributed by atoms with Gasteiger partial charge in [0.1, 0.15) is 10.8 Å². The molecule has 1 heterocycles. The standard InChI is InChI=1S/C10H12ClNOS/c1-3-9(13)7(2)14-10-8(11)5-4-6-12-10/h4-7H,3H2,1-2H3. The summed E-state index contributed by atoms with van der Waals surface area (Å²) in [6, 6.07) is 3.55. The van der Waals surface area contributed by atoms with Crippen LogP contribution in [0.2, 0.25) is 5.02 Å². The number of rotatable bonds is 4. The van der Waals surface area contributed by atoms with Gasteiger partial charge in [0.2, 0.25) is 0 Å². The molecule has 1 unspecified atom stereocenters. The third-order valence-corrected chi connectivity index (χ3v) is 3.40. The Morgan fingerprint density at radius 1 is 1.71 bits per heavy atom. The van der Waals surface area contributed by atoms with Crippen LogP contribution >= 0.6 is 23.4 Å². The van der Waals surface area contributed by atoms with E-state index in [9.17, 15) is 4.79 Å². The molecule has 0 fully saturated rings. The van der Waals surface area contributed by atoms with E-state index in [-0.39, 0.29) is 11.0 Å². The number of thioether (sulfide) groups is 1. The molecule has 0 N–H and O–H groups in total. The molecule has 0 radical (unpaired) electrons. The average molecular weight is 230 g/mol. The summed E-state index contributed by atoms with van der Waals surface area (Å²) in [5.74, 6) is 0.219. The van der Waals surface area contributed by atoms with Gasteiger partial charge in [0.05, 0.1) is 10.3 Å². The zero-order chi connectivity index (χ0) is 10.6. The van der Waals surface area contributed by atoms with Crippen molar-refractivity contribution in [2.24, 2.45) is 0 Å². The van der Waals surface area contributed by atoms with Gasteiger partial charge in [0.15, 0.2) is 0 Å². The first-order chi connectivity index (χ1) is 6.65. The molecule has 0 aliphatic carbocycles. The van der Waals surface area contributed by atoms with Crippen molar-refractivity contribution >= 4 is 29.1 Å². The molecule has 2 nitrogen and oxygen atoms in total. The number of pyridine rings is 1. The Bertz CT molecular complexity index is 330. The molecule has 0 saturated carbocycles. The lowest BCUT2D eigenvalue weighted by Crippen LogP contribution is -2.11. The van der Waals surface area contributed by atoms with E-state index < -0.39 is 0 Å². The number of aromatic nitrogens is 1. The van der Waals surface area contributed by atoms with Gasteiger partial charge >= 0.3 is 0 Å². The SMILES string of the molecule is CCC(=O)C(C)Sc1ncccc1Cl. The van der Waals surface area contributed by atoms with Crippen molar-refractivity contribution in [1.82, 2.24) is 4.98 Å². The van der Waals surface area contributed by atoms with Crippen molar-refractivity contribution in [1.29, 1.82) is 0 Å². The van der Waals surface area contributed by atoms with Crippen LogP contribution in [-0.4, -0.2) is 16.0 Å². The van der Waals surface area contributed by atoms with E-state index in [2.05, 4.69) is 4.98 Å². The number of hydrogen-bond donors (Lipinski definition) is 0. The second kappa shape index (κ2) is 5.37. The highest BCUT2D eigenvalue weighted by atomic mass is 35.5. The van der Waals surface area contributed by atoms with Crippen molar-refractivity contribution < 1.29 is 4.79 Å². The van der Waals surface area contributed by atoms with E-state index >= 15 is 0 Å². The highest BCUT2D eigenvalue weighted by molar-refractivity contribution is 8.00. The molecule has 4 heteroatoms. The first-order valence-electron chi connectivity index (χ1n) is 4.45. The Balaban J connectivity index is 2.69. The Kier molecular flexibility index (Phi) is 4.42. The van der Waals surface area contributed by atoms with Gasteiger partial charge in [-0.15, -0.1) is 0 Å². The molecule has 0 amide bonds. The van der Waals surface area contributed by atoms with Crippen molar-refractivity contribution in [3.05, 3.63) is 23.4 Å². The van der Waals surface area contributed by atoms with Crippen molar-refractivity contribution in [2.75, 3.05) is 0 Å². The molecule has 0 aliphatic heterocycles. The van der Waals surface area contributed by atoms with Crippen LogP contribution in [-0.2, 0) is 4.79 Å². The zero-order valence-corrected chi connectivity index (χ0v) is 9.73. The van der Waals surface area contributed by atoms with Crippen LogP contribution in [0.5, 0.6) is 0 Å². The van der Waals surface area contributed by atoms with Gasteiger partial charge in [0.25, 0.3) is 0 Å². The molecule has 14 heavy (non-hydrogen) atoms. The summed E-state index contributed by atoms with van der Waals surface area (Å²) >= 11 is 7.33. The smallest absolute Gasteiger partial charge is 0.145 e. The number of carbonyl (C=O) groups excluding carboxylic acids is 1. The normalized spacial score (nSPS) is 12.5. The molecular formula is C10H12ClNOS. The summed E-state index contributed by atoms with van der Waals surface area (Å²) in [5.41, 5.74) is 0. The fourth-order valence-electron chi connectivity index (χ4n) is 0.979. The van der Waals surface area contributed by atoms with Crippen LogP contribution in [0.4, 0.5) is 0 Å². The summed E-state index contributed by atoms with van der Waals surface area (Å²) in [7, 11) is 0. The van der Waals surface area contributed by atoms with Gasteiger partial charge in [0, 0.05) is 12.6 Å². The molecule has 76 valence electrons. The highest BCUT2D eigenvalue weighted by Gasteiger charge is 2.14. The predicted molar refractivity (Wildman–Crippen MR) is 59.9 cm³/mol. The molecule has 0 aromatic carbocycles. The predicted octanol–water partition coefficient (Wildman–Crippen LogP) is 3.19. The first-order valence-corrected chi connectivity index (χ1v) is 5.70. The van der Waals surface area contributed by atoms with Crippen LogP contribution in [0.15, 0.2) is 23.4 Å². The lowest BCUT2D eigenvalue weighted by atomic mass is 10.2. The van der Waals surface area contributed by atoms with Gasteiger partial charge in [-0.25, -0.2) is 4.98 Å². The number of Topliss-reactive ketones (excluding diaryl/α,β-unsaturated/α-hetero) is 1. The summed E-state index contributed by atoms with van der Waals surface area (Å²) in [6.45, 7) is 3.74. The number of carbonyl (C=O) groups is 1. The Morgan fingerprint density at radius 2 is 2.43 bits per heavy atom. The van der Waals surface area contributed by atoms with E-state index in [1.54, 1.807) is 18.3 Å². The van der Waals surface area contributed by atoms with Gasteiger partial charge in [-0.05, 0) is 19.1 Å². The molecule has 0 saturated heterocycles. The van der Waals surface area contributed by atoms with E-state index in [1.165, 1.54) is 11.8 Å². The van der Waals surface area contributed by atoms with Crippen LogP contribution in [0, 0.1) is 0 Å². The van der Waals surface area contributed by atoms with Crippen LogP contribution in [0.1, 0.15) is 20.3 Å². The summed E-state index contributed by atoms with van der Waals surface area (Å²) in [6.07, 6.45) is 2.23. The summed E-state index contributed by atoms with van der Waals surface area (Å²) in [4.78, 5) is 15.4. The van der Waals surface area contributed by atoms with Crippen LogP contribution in [0.3, 0.4) is 0 Å². The second-order valence-corrected chi connectivity index (χ2v) is 4.61. The summed E-state index contributed by atoms with van der Waals surface area (Å²) in [5, 5.41) is 1.25. The molecule has 1 aromatic heterocycles. The van der Waals surface area contributed by atoms with E-state index in [1.807, 2.05) is 13.8 Å². The van der Waals surface area contributed by atoms with Crippen LogP contribution < -0.4 is 0 Å². The molecule has 0 bridgehead atoms. The Morgan fingerprint density at radius 3 is 3.00 bits per heavy atom. The quantitative estimate of drug-likeness (QED) is 0.743. The third-order valence-electron chi connectivity index (χ3n) is 1.82. The lowest BCUT2D eigenvalue weighted by molar-refractivity contribution is -0.117. The minimum atomic E-state index is -0.0765. The van der Waals surface area contributed by atoms with Gasteiger partial charge in [-0.2, -0.15) is 0 Å². The van der Waals surface area contributed by atoms with E-state index in [0.29, 0.717) is 11.4 Å². The minimum absolute atomic E-state index is 0.0765. The summed E-state index contributed by atoms with van der Waals surface area (Å²) < 4.78 is 0. The second-order valence-electron chi connectivity index (χ2n) is 2.87.